The molecule has 3 rings (SSSR count). The van der Waals surface area contributed by atoms with Gasteiger partial charge in [-0.1, -0.05) is 41.5 Å². The van der Waals surface area contributed by atoms with Gasteiger partial charge in [0.15, 0.2) is 5.78 Å². The minimum atomic E-state index is -0.301. The molecule has 0 unspecified atom stereocenters. The lowest BCUT2D eigenvalue weighted by Gasteiger charge is -2.28. The minimum Gasteiger partial charge on any atom is -0.507 e. The van der Waals surface area contributed by atoms with Crippen LogP contribution in [0.3, 0.4) is 0 Å². The fourth-order valence-electron chi connectivity index (χ4n) is 4.27. The number of fused-ring (bicyclic) bond motifs is 1. The number of aromatic hydroxyl groups is 1. The molecule has 0 spiro atoms. The van der Waals surface area contributed by atoms with Gasteiger partial charge in [-0.05, 0) is 66.5 Å². The smallest absolute Gasteiger partial charge is 0.204 e. The van der Waals surface area contributed by atoms with Crippen LogP contribution in [0.1, 0.15) is 80.6 Å². The zero-order valence-electron chi connectivity index (χ0n) is 22.8. The van der Waals surface area contributed by atoms with E-state index in [4.69, 9.17) is 9.72 Å². The van der Waals surface area contributed by atoms with Gasteiger partial charge in [0, 0.05) is 37.0 Å². The Hall–Kier alpha value is -2.86. The molecule has 0 amide bonds. The fraction of sp³-hybridized carbons (Fsp3) is 0.517. The van der Waals surface area contributed by atoms with Gasteiger partial charge in [-0.15, -0.1) is 0 Å². The zero-order valence-corrected chi connectivity index (χ0v) is 22.8. The number of aryl methyl sites for hydroxylation is 2. The highest BCUT2D eigenvalue weighted by Gasteiger charge is 2.28. The topological polar surface area (TPSA) is 76.4 Å². The summed E-state index contributed by atoms with van der Waals surface area (Å²) in [5.74, 6) is 0.944. The number of Topliss-reactive ketones (excluding diaryl/α,β-unsaturated/α-hetero) is 1. The van der Waals surface area contributed by atoms with Crippen molar-refractivity contribution in [2.75, 3.05) is 25.6 Å². The Bertz CT molecular complexity index is 1190. The van der Waals surface area contributed by atoms with E-state index >= 15 is 0 Å². The molecule has 0 saturated heterocycles. The fourth-order valence-corrected chi connectivity index (χ4v) is 4.27. The van der Waals surface area contributed by atoms with Crippen LogP contribution in [-0.4, -0.2) is 40.7 Å². The van der Waals surface area contributed by atoms with Gasteiger partial charge in [-0.3, -0.25) is 4.79 Å². The Labute approximate surface area is 209 Å². The summed E-state index contributed by atoms with van der Waals surface area (Å²) in [5.41, 5.74) is 5.70. The lowest BCUT2D eigenvalue weighted by molar-refractivity contribution is 0.0973. The summed E-state index contributed by atoms with van der Waals surface area (Å²) in [4.78, 5) is 18.5. The summed E-state index contributed by atoms with van der Waals surface area (Å²) in [5, 5.41) is 14.5. The molecule has 2 N–H and O–H groups in total. The van der Waals surface area contributed by atoms with Gasteiger partial charge >= 0.3 is 0 Å². The molecule has 6 nitrogen and oxygen atoms in total. The minimum absolute atomic E-state index is 0.0153. The van der Waals surface area contributed by atoms with E-state index in [9.17, 15) is 9.90 Å². The van der Waals surface area contributed by atoms with E-state index in [2.05, 4.69) is 72.8 Å². The first-order valence-corrected chi connectivity index (χ1v) is 12.4. The van der Waals surface area contributed by atoms with Gasteiger partial charge in [0.1, 0.15) is 5.75 Å². The van der Waals surface area contributed by atoms with Crippen LogP contribution >= 0.6 is 0 Å². The summed E-state index contributed by atoms with van der Waals surface area (Å²) in [7, 11) is 1.69. The number of hydrogen-bond acceptors (Lipinski definition) is 5. The van der Waals surface area contributed by atoms with Gasteiger partial charge in [-0.2, -0.15) is 0 Å². The highest BCUT2D eigenvalue weighted by atomic mass is 16.5. The Morgan fingerprint density at radius 3 is 2.11 bits per heavy atom. The number of phenols is 1. The number of aromatic nitrogens is 2. The number of carbonyl (C=O) groups is 1. The standard InChI is InChI=1S/C29H41N3O3/c1-18-13-23-24(14-19(18)2)32(27(31-23)30-11-10-12-35-9)17-25(33)20-15-21(28(3,4)5)26(34)22(16-20)29(6,7)8/h13-16,34H,10-12,17H2,1-9H3,(H,30,31). The van der Waals surface area contributed by atoms with E-state index in [-0.39, 0.29) is 28.9 Å². The lowest BCUT2D eigenvalue weighted by Crippen LogP contribution is -2.20. The molecule has 0 atom stereocenters. The maximum atomic E-state index is 13.7. The van der Waals surface area contributed by atoms with Crippen molar-refractivity contribution in [3.05, 3.63) is 52.1 Å². The molecule has 1 aromatic heterocycles. The van der Waals surface area contributed by atoms with Crippen LogP contribution in [0.5, 0.6) is 5.75 Å². The number of methoxy groups -OCH3 is 1. The predicted octanol–water partition coefficient (Wildman–Crippen LogP) is 6.29. The van der Waals surface area contributed by atoms with E-state index in [0.29, 0.717) is 24.7 Å². The number of benzene rings is 2. The molecular formula is C29H41N3O3. The molecule has 0 aliphatic heterocycles. The van der Waals surface area contributed by atoms with Crippen LogP contribution in [0.15, 0.2) is 24.3 Å². The lowest BCUT2D eigenvalue weighted by atomic mass is 9.78. The van der Waals surface area contributed by atoms with E-state index in [0.717, 1.165) is 34.1 Å². The third-order valence-corrected chi connectivity index (χ3v) is 6.52. The van der Waals surface area contributed by atoms with Crippen molar-refractivity contribution in [3.63, 3.8) is 0 Å². The number of phenolic OH excluding ortho intramolecular Hbond substituents is 1. The molecule has 3 aromatic rings. The molecule has 1 heterocycles. The van der Waals surface area contributed by atoms with Crippen LogP contribution in [0.4, 0.5) is 5.95 Å². The molecule has 0 bridgehead atoms. The molecule has 2 aromatic carbocycles. The first-order chi connectivity index (χ1) is 16.2. The van der Waals surface area contributed by atoms with Crippen molar-refractivity contribution in [1.82, 2.24) is 9.55 Å². The number of carbonyl (C=O) groups excluding carboxylic acids is 1. The number of rotatable bonds is 8. The van der Waals surface area contributed by atoms with E-state index in [1.165, 1.54) is 5.56 Å². The molecule has 6 heteroatoms. The first-order valence-electron chi connectivity index (χ1n) is 12.4. The number of nitrogens with one attached hydrogen (secondary N) is 1. The monoisotopic (exact) mass is 479 g/mol. The summed E-state index contributed by atoms with van der Waals surface area (Å²) in [6.45, 7) is 18.0. The van der Waals surface area contributed by atoms with Crippen molar-refractivity contribution in [3.8, 4) is 5.75 Å². The molecule has 0 fully saturated rings. The summed E-state index contributed by atoms with van der Waals surface area (Å²) >= 11 is 0. The molecule has 0 saturated carbocycles. The van der Waals surface area contributed by atoms with Crippen molar-refractivity contribution in [2.45, 2.75) is 79.2 Å². The molecular weight excluding hydrogens is 438 g/mol. The third kappa shape index (κ3) is 5.87. The largest absolute Gasteiger partial charge is 0.507 e. The number of imidazole rings is 1. The average molecular weight is 480 g/mol. The quantitative estimate of drug-likeness (QED) is 0.293. The van der Waals surface area contributed by atoms with Gasteiger partial charge in [0.05, 0.1) is 17.6 Å². The van der Waals surface area contributed by atoms with Crippen molar-refractivity contribution in [2.24, 2.45) is 0 Å². The summed E-state index contributed by atoms with van der Waals surface area (Å²) < 4.78 is 7.14. The van der Waals surface area contributed by atoms with E-state index in [1.807, 2.05) is 16.7 Å². The van der Waals surface area contributed by atoms with Gasteiger partial charge in [-0.25, -0.2) is 4.98 Å². The SMILES string of the molecule is COCCCNc1nc2cc(C)c(C)cc2n1CC(=O)c1cc(C(C)(C)C)c(O)c(C(C)(C)C)c1. The molecule has 0 radical (unpaired) electrons. The third-order valence-electron chi connectivity index (χ3n) is 6.52. The number of hydrogen-bond donors (Lipinski definition) is 2. The van der Waals surface area contributed by atoms with Crippen molar-refractivity contribution >= 4 is 22.8 Å². The van der Waals surface area contributed by atoms with Gasteiger partial charge in [0.25, 0.3) is 0 Å². The Balaban J connectivity index is 2.08. The summed E-state index contributed by atoms with van der Waals surface area (Å²) in [6.07, 6.45) is 0.841. The average Bonchev–Trinajstić information content (AvgIpc) is 3.06. The maximum Gasteiger partial charge on any atom is 0.204 e. The second kappa shape index (κ2) is 10.0. The highest BCUT2D eigenvalue weighted by molar-refractivity contribution is 5.98. The van der Waals surface area contributed by atoms with Gasteiger partial charge in [0.2, 0.25) is 5.95 Å². The highest BCUT2D eigenvalue weighted by Crippen LogP contribution is 2.40. The van der Waals surface area contributed by atoms with Gasteiger partial charge < -0.3 is 19.7 Å². The van der Waals surface area contributed by atoms with Crippen LogP contribution in [0.2, 0.25) is 0 Å². The summed E-state index contributed by atoms with van der Waals surface area (Å²) in [6, 6.07) is 7.88. The zero-order chi connectivity index (χ0) is 26.1. The number of anilines is 1. The maximum absolute atomic E-state index is 13.7. The molecule has 190 valence electrons. The van der Waals surface area contributed by atoms with Crippen LogP contribution in [-0.2, 0) is 22.1 Å². The second-order valence-corrected chi connectivity index (χ2v) is 11.6. The van der Waals surface area contributed by atoms with Crippen molar-refractivity contribution in [1.29, 1.82) is 0 Å². The first kappa shape index (κ1) is 26.7. The van der Waals surface area contributed by atoms with Crippen LogP contribution in [0, 0.1) is 13.8 Å². The number of ketones is 1. The van der Waals surface area contributed by atoms with E-state index < -0.39 is 0 Å². The van der Waals surface area contributed by atoms with Crippen LogP contribution in [0.25, 0.3) is 11.0 Å². The molecule has 0 aliphatic rings. The number of nitrogens with zero attached hydrogens (tertiary/aromatic N) is 2. The Morgan fingerprint density at radius 1 is 1.00 bits per heavy atom. The predicted molar refractivity (Wildman–Crippen MR) is 144 cm³/mol. The number of ether oxygens (including phenoxy) is 1. The van der Waals surface area contributed by atoms with Crippen molar-refractivity contribution < 1.29 is 14.6 Å². The second-order valence-electron chi connectivity index (χ2n) is 11.6. The molecule has 35 heavy (non-hydrogen) atoms. The van der Waals surface area contributed by atoms with Crippen LogP contribution < -0.4 is 5.32 Å². The molecule has 0 aliphatic carbocycles. The Morgan fingerprint density at radius 2 is 1.57 bits per heavy atom. The normalized spacial score (nSPS) is 12.4. The van der Waals surface area contributed by atoms with E-state index in [1.54, 1.807) is 7.11 Å². The Kier molecular flexibility index (Phi) is 7.65.